The maximum atomic E-state index is 12.6. The van der Waals surface area contributed by atoms with Crippen molar-refractivity contribution >= 4 is 0 Å². The molecule has 0 radical (unpaired) electrons. The first kappa shape index (κ1) is 87.5. The molecule has 2 nitrogen and oxygen atoms in total. The Kier molecular flexibility index (Phi) is 51.3. The van der Waals surface area contributed by atoms with Crippen molar-refractivity contribution in [3.05, 3.63) is 106 Å². The maximum absolute atomic E-state index is 12.6. The molecule has 6 saturated carbocycles. The Balaban J connectivity index is -0.000000307. The van der Waals surface area contributed by atoms with Crippen LogP contribution in [0.15, 0.2) is 66.7 Å². The van der Waals surface area contributed by atoms with Gasteiger partial charge in [-0.25, -0.2) is 4.39 Å². The van der Waals surface area contributed by atoms with Gasteiger partial charge in [0, 0.05) is 18.9 Å². The third-order valence-corrected chi connectivity index (χ3v) is 21.1. The molecule has 0 bridgehead atoms. The summed E-state index contributed by atoms with van der Waals surface area (Å²) in [5, 5.41) is 0. The summed E-state index contributed by atoms with van der Waals surface area (Å²) in [6.07, 6.45) is 41.6. The van der Waals surface area contributed by atoms with Gasteiger partial charge in [0.2, 0.25) is 0 Å². The van der Waals surface area contributed by atoms with Gasteiger partial charge in [-0.2, -0.15) is 0 Å². The molecule has 0 aromatic heterocycles. The van der Waals surface area contributed by atoms with Crippen molar-refractivity contribution in [3.8, 4) is 0 Å². The van der Waals surface area contributed by atoms with E-state index in [4.69, 9.17) is 9.47 Å². The molecule has 11 rings (SSSR count). The monoisotopic (exact) mass is 1260 g/mol. The van der Waals surface area contributed by atoms with Gasteiger partial charge >= 0.3 is 0 Å². The van der Waals surface area contributed by atoms with Crippen molar-refractivity contribution in [1.29, 1.82) is 0 Å². The van der Waals surface area contributed by atoms with Crippen LogP contribution in [-0.4, -0.2) is 25.4 Å². The predicted molar refractivity (Wildman–Crippen MR) is 411 cm³/mol. The van der Waals surface area contributed by atoms with Crippen LogP contribution in [0.2, 0.25) is 0 Å². The second kappa shape index (κ2) is 52.7. The average molecular weight is 1260 g/mol. The first-order chi connectivity index (χ1) is 42.1. The molecule has 8 aliphatic rings. The van der Waals surface area contributed by atoms with Crippen LogP contribution in [0, 0.1) is 130 Å². The number of hydrogen-bond donors (Lipinski definition) is 0. The molecule has 8 fully saturated rings. The first-order valence-corrected chi connectivity index (χ1v) is 38.1. The maximum Gasteiger partial charge on any atom is 0.126 e. The molecule has 90 heavy (non-hydrogen) atoms. The molecule has 2 aliphatic heterocycles. The van der Waals surface area contributed by atoms with E-state index in [-0.39, 0.29) is 19.0 Å². The van der Waals surface area contributed by atoms with E-state index in [2.05, 4.69) is 187 Å². The Morgan fingerprint density at radius 1 is 0.256 bits per heavy atom. The summed E-state index contributed by atoms with van der Waals surface area (Å²) < 4.78 is 23.4. The fourth-order valence-electron chi connectivity index (χ4n) is 12.6. The molecule has 532 valence electrons. The highest BCUT2D eigenvalue weighted by Gasteiger charge is 2.18. The van der Waals surface area contributed by atoms with E-state index in [9.17, 15) is 4.39 Å². The number of halogens is 1. The third kappa shape index (κ3) is 50.0. The van der Waals surface area contributed by atoms with Crippen molar-refractivity contribution < 1.29 is 19.6 Å². The van der Waals surface area contributed by atoms with Gasteiger partial charge in [0.15, 0.2) is 0 Å². The van der Waals surface area contributed by atoms with Crippen LogP contribution in [0.25, 0.3) is 0 Å². The number of ether oxygens (including phenoxy) is 2. The summed E-state index contributed by atoms with van der Waals surface area (Å²) in [6, 6.07) is 22.2. The standard InChI is InChI=1S/C8H9F.6C8H16.2C8H10.2C7H14O.CH4.4H2/c1-6-3-4-7(2)8(9)5-6;8*1-7-3-5-8(2)6-4-7;2*1-6-3-4-7(2)8-5-6;;;;;/h3-5H,1-2H3;6*7-8H,3-6H2,1-2H3;2*3-6H,1-2H3;2*6-7H,3-5H2,1-2H3;1H4;4*1H/i;;;;;;;;;;;;1+1;;;. The number of rotatable bonds is 0. The van der Waals surface area contributed by atoms with Gasteiger partial charge in [-0.15, -0.1) is 0 Å². The molecule has 3 heteroatoms. The zero-order valence-electron chi connectivity index (χ0n) is 63.5. The summed E-state index contributed by atoms with van der Waals surface area (Å²) in [4.78, 5) is 0. The number of aryl methyl sites for hydroxylation is 6. The van der Waals surface area contributed by atoms with E-state index in [0.29, 0.717) is 17.8 Å². The molecule has 0 N–H and O–H groups in total. The fraction of sp³-hybridized carbons (Fsp3) is 0.793. The molecule has 2 saturated heterocycles. The van der Waals surface area contributed by atoms with Crippen LogP contribution in [0.1, 0.15) is 337 Å². The summed E-state index contributed by atoms with van der Waals surface area (Å²) in [7, 11) is 0. The highest BCUT2D eigenvalue weighted by atomic mass is 19.1. The summed E-state index contributed by atoms with van der Waals surface area (Å²) >= 11 is 0. The number of hydrogen-bond acceptors (Lipinski definition) is 2. The minimum absolute atomic E-state index is 0. The lowest BCUT2D eigenvalue weighted by molar-refractivity contribution is 0.000174. The Morgan fingerprint density at radius 3 is 0.533 bits per heavy atom. The minimum Gasteiger partial charge on any atom is -0.378 e. The topological polar surface area (TPSA) is 18.5 Å². The van der Waals surface area contributed by atoms with Crippen molar-refractivity contribution in [2.45, 2.75) is 352 Å². The zero-order chi connectivity index (χ0) is 66.7. The molecule has 4 unspecified atom stereocenters. The second-order valence-corrected chi connectivity index (χ2v) is 32.4. The van der Waals surface area contributed by atoms with Crippen LogP contribution < -0.4 is 0 Å². The van der Waals surface area contributed by atoms with Gasteiger partial charge in [-0.3, -0.25) is 0 Å². The molecule has 2 heterocycles. The minimum atomic E-state index is -0.116. The lowest BCUT2D eigenvalue weighted by Crippen LogP contribution is -2.21. The molecule has 6 aliphatic carbocycles. The largest absolute Gasteiger partial charge is 0.378 e. The van der Waals surface area contributed by atoms with Gasteiger partial charge in [-0.05, 0) is 181 Å². The molecule has 0 amide bonds. The van der Waals surface area contributed by atoms with Gasteiger partial charge < -0.3 is 9.47 Å². The third-order valence-electron chi connectivity index (χ3n) is 21.1. The van der Waals surface area contributed by atoms with Gasteiger partial charge in [-0.1, -0.05) is 341 Å². The lowest BCUT2D eigenvalue weighted by atomic mass is 9.84. The van der Waals surface area contributed by atoms with Crippen LogP contribution in [0.5, 0.6) is 0 Å². The van der Waals surface area contributed by atoms with E-state index in [0.717, 1.165) is 102 Å². The lowest BCUT2D eigenvalue weighted by Gasteiger charge is -2.23. The van der Waals surface area contributed by atoms with E-state index in [1.54, 1.807) is 13.0 Å². The van der Waals surface area contributed by atoms with Crippen molar-refractivity contribution in [1.82, 2.24) is 0 Å². The number of benzene rings is 3. The Morgan fingerprint density at radius 2 is 0.411 bits per heavy atom. The average Bonchev–Trinajstić information content (AvgIpc) is 2.84. The quantitative estimate of drug-likeness (QED) is 0.223. The molecule has 3 aromatic carbocycles. The predicted octanol–water partition coefficient (Wildman–Crippen LogP) is 29.3. The highest BCUT2D eigenvalue weighted by molar-refractivity contribution is 5.22. The van der Waals surface area contributed by atoms with Gasteiger partial charge in [0.05, 0.1) is 12.2 Å². The molecule has 0 spiro atoms. The molecular formula is C87H165FO2. The Hall–Kier alpha value is -2.49. The fourth-order valence-corrected chi connectivity index (χ4v) is 12.6. The Bertz CT molecular complexity index is 1630. The molecule has 3 aromatic rings. The molecular weight excluding hydrogens is 1100 g/mol. The van der Waals surface area contributed by atoms with E-state index in [1.165, 1.54) is 208 Å². The van der Waals surface area contributed by atoms with Gasteiger partial charge in [0.1, 0.15) is 5.82 Å². The normalized spacial score (nSPS) is 30.9. The van der Waals surface area contributed by atoms with Gasteiger partial charge in [0.25, 0.3) is 0 Å². The van der Waals surface area contributed by atoms with Crippen LogP contribution in [0.3, 0.4) is 0 Å². The van der Waals surface area contributed by atoms with Crippen LogP contribution in [0.4, 0.5) is 4.39 Å². The summed E-state index contributed by atoms with van der Waals surface area (Å²) in [5.74, 6) is 13.7. The van der Waals surface area contributed by atoms with E-state index in [1.807, 2.05) is 13.0 Å². The van der Waals surface area contributed by atoms with Crippen molar-refractivity contribution in [2.24, 2.45) is 82.9 Å². The van der Waals surface area contributed by atoms with E-state index >= 15 is 0 Å². The SMILES string of the molecule is C.CC1CCC(C)CC1.CC1CCC(C)CC1.CC1CCC(C)CC1.CC1CCC(C)CC1.CC1CCC(C)CC1.CC1CCC(C)CC1.CC1CCC(C)OC1.CC1CCC(C)OC1.Cc1ccc(C)c(F)c1.Cc1ccc(C)cc1.Cc1ccc(C)cc1.[2HH].[HH].[HH].[HH]. The Labute approximate surface area is 570 Å². The zero-order valence-corrected chi connectivity index (χ0v) is 63.5. The van der Waals surface area contributed by atoms with Crippen LogP contribution >= 0.6 is 0 Å². The second-order valence-electron chi connectivity index (χ2n) is 32.4. The first-order valence-electron chi connectivity index (χ1n) is 38.1. The molecule has 4 atom stereocenters. The van der Waals surface area contributed by atoms with Crippen molar-refractivity contribution in [2.75, 3.05) is 13.2 Å². The van der Waals surface area contributed by atoms with E-state index < -0.39 is 0 Å². The summed E-state index contributed by atoms with van der Waals surface area (Å²) in [5.41, 5.74) is 7.00. The smallest absolute Gasteiger partial charge is 0.126 e. The van der Waals surface area contributed by atoms with Crippen LogP contribution in [-0.2, 0) is 9.47 Å². The highest BCUT2D eigenvalue weighted by Crippen LogP contribution is 2.31. The van der Waals surface area contributed by atoms with Crippen molar-refractivity contribution in [3.63, 3.8) is 0 Å². The summed E-state index contributed by atoms with van der Waals surface area (Å²) in [6.45, 7) is 51.1.